The van der Waals surface area contributed by atoms with Gasteiger partial charge in [0.15, 0.2) is 0 Å². The van der Waals surface area contributed by atoms with Crippen LogP contribution in [-0.2, 0) is 6.42 Å². The Morgan fingerprint density at radius 1 is 1.21 bits per heavy atom. The molecule has 2 nitrogen and oxygen atoms in total. The predicted molar refractivity (Wildman–Crippen MR) is 57.9 cm³/mol. The van der Waals surface area contributed by atoms with E-state index in [9.17, 15) is 0 Å². The van der Waals surface area contributed by atoms with E-state index in [0.29, 0.717) is 0 Å². The summed E-state index contributed by atoms with van der Waals surface area (Å²) in [6.45, 7) is 2.10. The van der Waals surface area contributed by atoms with Crippen LogP contribution in [0.15, 0.2) is 41.2 Å². The second kappa shape index (κ2) is 3.58. The highest BCUT2D eigenvalue weighted by atomic mass is 16.3. The molecule has 0 bridgehead atoms. The third-order valence-electron chi connectivity index (χ3n) is 2.38. The molecule has 2 rings (SSSR count). The standard InChI is InChI=1S/C12H13NO/c1-2-9-7-10(3-4-12(9)13)11-5-6-14-8-11/h3-8H,2,13H2,1H3. The minimum absolute atomic E-state index is 0.861. The van der Waals surface area contributed by atoms with E-state index < -0.39 is 0 Å². The van der Waals surface area contributed by atoms with Gasteiger partial charge in [-0.1, -0.05) is 13.0 Å². The fourth-order valence-electron chi connectivity index (χ4n) is 1.52. The van der Waals surface area contributed by atoms with Crippen molar-refractivity contribution >= 4 is 5.69 Å². The van der Waals surface area contributed by atoms with Gasteiger partial charge in [-0.25, -0.2) is 0 Å². The minimum atomic E-state index is 0.861. The maximum absolute atomic E-state index is 5.83. The Labute approximate surface area is 83.4 Å². The molecule has 0 aliphatic rings. The number of furan rings is 1. The van der Waals surface area contributed by atoms with E-state index in [1.165, 1.54) is 5.56 Å². The quantitative estimate of drug-likeness (QED) is 0.734. The van der Waals surface area contributed by atoms with Gasteiger partial charge in [-0.2, -0.15) is 0 Å². The molecule has 1 aromatic heterocycles. The number of rotatable bonds is 2. The smallest absolute Gasteiger partial charge is 0.0980 e. The number of hydrogen-bond acceptors (Lipinski definition) is 2. The number of benzene rings is 1. The summed E-state index contributed by atoms with van der Waals surface area (Å²) in [4.78, 5) is 0. The Morgan fingerprint density at radius 2 is 2.07 bits per heavy atom. The second-order valence-corrected chi connectivity index (χ2v) is 3.28. The summed E-state index contributed by atoms with van der Waals surface area (Å²) in [6.07, 6.45) is 4.37. The summed E-state index contributed by atoms with van der Waals surface area (Å²) < 4.78 is 5.04. The van der Waals surface area contributed by atoms with Crippen LogP contribution in [0.2, 0.25) is 0 Å². The van der Waals surface area contributed by atoms with Crippen LogP contribution in [0.4, 0.5) is 5.69 Å². The topological polar surface area (TPSA) is 39.2 Å². The van der Waals surface area contributed by atoms with Crippen LogP contribution < -0.4 is 5.73 Å². The molecule has 1 aromatic carbocycles. The Morgan fingerprint density at radius 3 is 2.71 bits per heavy atom. The van der Waals surface area contributed by atoms with E-state index >= 15 is 0 Å². The Balaban J connectivity index is 2.46. The van der Waals surface area contributed by atoms with Crippen molar-refractivity contribution in [3.05, 3.63) is 42.4 Å². The van der Waals surface area contributed by atoms with Gasteiger partial charge in [-0.3, -0.25) is 0 Å². The van der Waals surface area contributed by atoms with Crippen molar-refractivity contribution in [2.75, 3.05) is 5.73 Å². The van der Waals surface area contributed by atoms with Gasteiger partial charge >= 0.3 is 0 Å². The molecule has 14 heavy (non-hydrogen) atoms. The average Bonchev–Trinajstić information content (AvgIpc) is 2.71. The highest BCUT2D eigenvalue weighted by Gasteiger charge is 2.02. The molecule has 0 spiro atoms. The van der Waals surface area contributed by atoms with Crippen molar-refractivity contribution in [2.45, 2.75) is 13.3 Å². The lowest BCUT2D eigenvalue weighted by atomic mass is 10.0. The highest BCUT2D eigenvalue weighted by molar-refractivity contribution is 5.66. The van der Waals surface area contributed by atoms with Gasteiger partial charge in [0.1, 0.15) is 0 Å². The zero-order valence-corrected chi connectivity index (χ0v) is 8.16. The van der Waals surface area contributed by atoms with Gasteiger partial charge in [-0.15, -0.1) is 0 Å². The molecule has 0 unspecified atom stereocenters. The first-order valence-corrected chi connectivity index (χ1v) is 4.72. The molecule has 0 aliphatic heterocycles. The van der Waals surface area contributed by atoms with Crippen LogP contribution in [-0.4, -0.2) is 0 Å². The van der Waals surface area contributed by atoms with Crippen molar-refractivity contribution in [1.29, 1.82) is 0 Å². The number of nitrogen functional groups attached to an aromatic ring is 1. The fraction of sp³-hybridized carbons (Fsp3) is 0.167. The van der Waals surface area contributed by atoms with Gasteiger partial charge < -0.3 is 10.2 Å². The van der Waals surface area contributed by atoms with Crippen LogP contribution in [0.5, 0.6) is 0 Å². The first-order valence-electron chi connectivity index (χ1n) is 4.72. The molecule has 2 aromatic rings. The summed E-state index contributed by atoms with van der Waals surface area (Å²) in [5.74, 6) is 0. The van der Waals surface area contributed by atoms with E-state index in [4.69, 9.17) is 10.2 Å². The SMILES string of the molecule is CCc1cc(-c2ccoc2)ccc1N. The summed E-state index contributed by atoms with van der Waals surface area (Å²) in [5, 5.41) is 0. The monoisotopic (exact) mass is 187 g/mol. The van der Waals surface area contributed by atoms with Crippen molar-refractivity contribution in [3.63, 3.8) is 0 Å². The first kappa shape index (κ1) is 8.88. The lowest BCUT2D eigenvalue weighted by molar-refractivity contribution is 0.568. The van der Waals surface area contributed by atoms with Crippen LogP contribution in [0, 0.1) is 0 Å². The molecule has 0 amide bonds. The van der Waals surface area contributed by atoms with Crippen LogP contribution in [0.25, 0.3) is 11.1 Å². The van der Waals surface area contributed by atoms with Gasteiger partial charge in [0.2, 0.25) is 0 Å². The highest BCUT2D eigenvalue weighted by Crippen LogP contribution is 2.24. The maximum atomic E-state index is 5.83. The number of aryl methyl sites for hydroxylation is 1. The summed E-state index contributed by atoms with van der Waals surface area (Å²) in [6, 6.07) is 8.02. The summed E-state index contributed by atoms with van der Waals surface area (Å²) in [5.41, 5.74) is 10.1. The molecular weight excluding hydrogens is 174 g/mol. The molecule has 0 aliphatic carbocycles. The van der Waals surface area contributed by atoms with E-state index in [2.05, 4.69) is 13.0 Å². The lowest BCUT2D eigenvalue weighted by Crippen LogP contribution is -1.92. The average molecular weight is 187 g/mol. The molecule has 0 fully saturated rings. The van der Waals surface area contributed by atoms with Crippen molar-refractivity contribution in [3.8, 4) is 11.1 Å². The number of anilines is 1. The molecular formula is C12H13NO. The third-order valence-corrected chi connectivity index (χ3v) is 2.38. The van der Waals surface area contributed by atoms with E-state index in [0.717, 1.165) is 23.2 Å². The zero-order valence-electron chi connectivity index (χ0n) is 8.16. The van der Waals surface area contributed by atoms with E-state index in [1.807, 2.05) is 18.2 Å². The first-order chi connectivity index (χ1) is 6.81. The molecule has 72 valence electrons. The normalized spacial score (nSPS) is 10.4. The van der Waals surface area contributed by atoms with Crippen molar-refractivity contribution < 1.29 is 4.42 Å². The van der Waals surface area contributed by atoms with Gasteiger partial charge in [0.25, 0.3) is 0 Å². The minimum Gasteiger partial charge on any atom is -0.472 e. The van der Waals surface area contributed by atoms with Crippen LogP contribution >= 0.6 is 0 Å². The van der Waals surface area contributed by atoms with Gasteiger partial charge in [0, 0.05) is 11.3 Å². The van der Waals surface area contributed by atoms with Gasteiger partial charge in [-0.05, 0) is 35.7 Å². The second-order valence-electron chi connectivity index (χ2n) is 3.28. The van der Waals surface area contributed by atoms with E-state index in [-0.39, 0.29) is 0 Å². The van der Waals surface area contributed by atoms with Crippen LogP contribution in [0.1, 0.15) is 12.5 Å². The van der Waals surface area contributed by atoms with Gasteiger partial charge in [0.05, 0.1) is 12.5 Å². The van der Waals surface area contributed by atoms with Crippen molar-refractivity contribution in [1.82, 2.24) is 0 Å². The molecule has 2 heteroatoms. The molecule has 2 N–H and O–H groups in total. The Kier molecular flexibility index (Phi) is 2.27. The summed E-state index contributed by atoms with van der Waals surface area (Å²) in [7, 11) is 0. The Bertz CT molecular complexity index is 418. The molecule has 1 heterocycles. The molecule has 0 radical (unpaired) electrons. The zero-order chi connectivity index (χ0) is 9.97. The lowest BCUT2D eigenvalue weighted by Gasteiger charge is -2.04. The number of nitrogens with two attached hydrogens (primary N) is 1. The summed E-state index contributed by atoms with van der Waals surface area (Å²) >= 11 is 0. The molecule has 0 atom stereocenters. The van der Waals surface area contributed by atoms with E-state index in [1.54, 1.807) is 12.5 Å². The Hall–Kier alpha value is -1.70. The fourth-order valence-corrected chi connectivity index (χ4v) is 1.52. The maximum Gasteiger partial charge on any atom is 0.0980 e. The molecule has 0 saturated carbocycles. The van der Waals surface area contributed by atoms with Crippen molar-refractivity contribution in [2.24, 2.45) is 0 Å². The third kappa shape index (κ3) is 1.51. The predicted octanol–water partition coefficient (Wildman–Crippen LogP) is 3.09. The van der Waals surface area contributed by atoms with Crippen LogP contribution in [0.3, 0.4) is 0 Å². The largest absolute Gasteiger partial charge is 0.472 e. The molecule has 0 saturated heterocycles. The number of hydrogen-bond donors (Lipinski definition) is 1.